The van der Waals surface area contributed by atoms with Crippen LogP contribution < -0.4 is 5.32 Å². The topological polar surface area (TPSA) is 90.1 Å². The van der Waals surface area contributed by atoms with E-state index >= 15 is 0 Å². The van der Waals surface area contributed by atoms with Crippen molar-refractivity contribution < 1.29 is 14.1 Å². The maximum absolute atomic E-state index is 13.9. The average Bonchev–Trinajstić information content (AvgIpc) is 2.91. The van der Waals surface area contributed by atoms with Gasteiger partial charge < -0.3 is 5.32 Å². The molecule has 2 aromatic carbocycles. The van der Waals surface area contributed by atoms with Crippen molar-refractivity contribution in [1.82, 2.24) is 9.78 Å². The Kier molecular flexibility index (Phi) is 5.55. The van der Waals surface area contributed by atoms with Gasteiger partial charge in [0.05, 0.1) is 17.2 Å². The molecule has 0 bridgehead atoms. The number of carbonyl (C=O) groups is 1. The van der Waals surface area contributed by atoms with Gasteiger partial charge in [0.25, 0.3) is 5.91 Å². The summed E-state index contributed by atoms with van der Waals surface area (Å²) in [5, 5.41) is 17.8. The smallest absolute Gasteiger partial charge is 0.312 e. The van der Waals surface area contributed by atoms with Gasteiger partial charge in [0, 0.05) is 10.0 Å². The van der Waals surface area contributed by atoms with E-state index in [2.05, 4.69) is 26.3 Å². The molecular weight excluding hydrogens is 431 g/mol. The van der Waals surface area contributed by atoms with Crippen LogP contribution in [0.4, 0.5) is 15.8 Å². The van der Waals surface area contributed by atoms with Crippen molar-refractivity contribution in [3.63, 3.8) is 0 Å². The number of amides is 1. The molecule has 28 heavy (non-hydrogen) atoms. The summed E-state index contributed by atoms with van der Waals surface area (Å²) in [6, 6.07) is 11.1. The number of nitrogens with zero attached hydrogens (tertiary/aromatic N) is 3. The highest BCUT2D eigenvalue weighted by atomic mass is 79.9. The number of nitrogens with one attached hydrogen (secondary N) is 1. The summed E-state index contributed by atoms with van der Waals surface area (Å²) in [7, 11) is 0. The fourth-order valence-electron chi connectivity index (χ4n) is 2.83. The predicted octanol–water partition coefficient (Wildman–Crippen LogP) is 4.61. The molecule has 0 atom stereocenters. The number of aryl methyl sites for hydroxylation is 1. The monoisotopic (exact) mass is 446 g/mol. The number of aromatic nitrogens is 2. The van der Waals surface area contributed by atoms with Crippen LogP contribution in [0.15, 0.2) is 46.9 Å². The summed E-state index contributed by atoms with van der Waals surface area (Å²) < 4.78 is 16.0. The number of hydrogen-bond donors (Lipinski definition) is 1. The lowest BCUT2D eigenvalue weighted by atomic mass is 10.1. The molecule has 0 saturated carbocycles. The number of hydrogen-bond acceptors (Lipinski definition) is 4. The Morgan fingerprint density at radius 3 is 2.50 bits per heavy atom. The SMILES string of the molecule is Cc1nn(Cc2ccc(C(=O)Nc3ccc(Br)cc3F)cc2)c(C)c1[N+](=O)[O-]. The van der Waals surface area contributed by atoms with E-state index in [0.717, 1.165) is 5.56 Å². The van der Waals surface area contributed by atoms with E-state index in [0.29, 0.717) is 28.0 Å². The number of rotatable bonds is 5. The molecule has 0 saturated heterocycles. The highest BCUT2D eigenvalue weighted by Crippen LogP contribution is 2.23. The number of carbonyl (C=O) groups excluding carboxylic acids is 1. The predicted molar refractivity (Wildman–Crippen MR) is 106 cm³/mol. The minimum absolute atomic E-state index is 0.00697. The van der Waals surface area contributed by atoms with Gasteiger partial charge in [-0.15, -0.1) is 0 Å². The molecule has 0 radical (unpaired) electrons. The first-order valence-corrected chi connectivity index (χ1v) is 9.09. The lowest BCUT2D eigenvalue weighted by molar-refractivity contribution is -0.386. The van der Waals surface area contributed by atoms with Gasteiger partial charge in [-0.25, -0.2) is 4.39 Å². The summed E-state index contributed by atoms with van der Waals surface area (Å²) in [5.41, 5.74) is 2.11. The van der Waals surface area contributed by atoms with E-state index in [4.69, 9.17) is 0 Å². The molecule has 0 aliphatic carbocycles. The molecule has 1 amide bonds. The molecule has 144 valence electrons. The number of halogens is 2. The number of benzene rings is 2. The second kappa shape index (κ2) is 7.89. The third-order valence-corrected chi connectivity index (χ3v) is 4.75. The molecule has 1 heterocycles. The molecule has 0 aliphatic rings. The second-order valence-corrected chi connectivity index (χ2v) is 7.13. The Morgan fingerprint density at radius 1 is 1.25 bits per heavy atom. The van der Waals surface area contributed by atoms with E-state index in [1.165, 1.54) is 12.1 Å². The van der Waals surface area contributed by atoms with E-state index in [1.54, 1.807) is 48.9 Å². The summed E-state index contributed by atoms with van der Waals surface area (Å²) in [6.07, 6.45) is 0. The standard InChI is InChI=1S/C19H16BrFN4O3/c1-11-18(25(27)28)12(2)24(23-11)10-13-3-5-14(6-4-13)19(26)22-17-8-7-15(20)9-16(17)21/h3-9H,10H2,1-2H3,(H,22,26). The summed E-state index contributed by atoms with van der Waals surface area (Å²) in [5.74, 6) is -0.972. The van der Waals surface area contributed by atoms with Gasteiger partial charge in [-0.05, 0) is 49.7 Å². The van der Waals surface area contributed by atoms with Crippen LogP contribution in [-0.4, -0.2) is 20.6 Å². The van der Waals surface area contributed by atoms with Crippen LogP contribution in [0, 0.1) is 29.8 Å². The van der Waals surface area contributed by atoms with Gasteiger partial charge in [-0.1, -0.05) is 28.1 Å². The van der Waals surface area contributed by atoms with Crippen LogP contribution in [0.5, 0.6) is 0 Å². The molecule has 3 aromatic rings. The third kappa shape index (κ3) is 4.09. The van der Waals surface area contributed by atoms with Crippen molar-refractivity contribution in [1.29, 1.82) is 0 Å². The Labute approximate surface area is 168 Å². The first-order valence-electron chi connectivity index (χ1n) is 8.30. The summed E-state index contributed by atoms with van der Waals surface area (Å²) in [6.45, 7) is 3.58. The molecule has 1 aromatic heterocycles. The highest BCUT2D eigenvalue weighted by molar-refractivity contribution is 9.10. The van der Waals surface area contributed by atoms with E-state index in [9.17, 15) is 19.3 Å². The highest BCUT2D eigenvalue weighted by Gasteiger charge is 2.21. The molecule has 0 unspecified atom stereocenters. The van der Waals surface area contributed by atoms with Crippen molar-refractivity contribution in [2.45, 2.75) is 20.4 Å². The summed E-state index contributed by atoms with van der Waals surface area (Å²) >= 11 is 3.16. The van der Waals surface area contributed by atoms with Crippen LogP contribution in [0.3, 0.4) is 0 Å². The molecule has 9 heteroatoms. The van der Waals surface area contributed by atoms with Crippen molar-refractivity contribution in [2.75, 3.05) is 5.32 Å². The van der Waals surface area contributed by atoms with Crippen LogP contribution in [0.2, 0.25) is 0 Å². The normalized spacial score (nSPS) is 10.7. The van der Waals surface area contributed by atoms with E-state index < -0.39 is 16.6 Å². The zero-order valence-corrected chi connectivity index (χ0v) is 16.7. The fraction of sp³-hybridized carbons (Fsp3) is 0.158. The first kappa shape index (κ1) is 19.7. The first-order chi connectivity index (χ1) is 13.3. The van der Waals surface area contributed by atoms with E-state index in [1.807, 2.05) is 0 Å². The largest absolute Gasteiger partial charge is 0.319 e. The van der Waals surface area contributed by atoms with Crippen LogP contribution in [-0.2, 0) is 6.54 Å². The molecule has 1 N–H and O–H groups in total. The minimum atomic E-state index is -0.537. The Morgan fingerprint density at radius 2 is 1.93 bits per heavy atom. The van der Waals surface area contributed by atoms with Gasteiger partial charge in [0.1, 0.15) is 17.2 Å². The van der Waals surface area contributed by atoms with Crippen LogP contribution in [0.25, 0.3) is 0 Å². The lowest BCUT2D eigenvalue weighted by Crippen LogP contribution is -2.13. The van der Waals surface area contributed by atoms with Gasteiger partial charge in [-0.2, -0.15) is 5.10 Å². The number of nitro groups is 1. The van der Waals surface area contributed by atoms with Gasteiger partial charge >= 0.3 is 5.69 Å². The maximum atomic E-state index is 13.9. The molecule has 3 rings (SSSR count). The van der Waals surface area contributed by atoms with Crippen LogP contribution >= 0.6 is 15.9 Å². The lowest BCUT2D eigenvalue weighted by Gasteiger charge is -2.08. The quantitative estimate of drug-likeness (QED) is 0.457. The average molecular weight is 447 g/mol. The third-order valence-electron chi connectivity index (χ3n) is 4.25. The fourth-order valence-corrected chi connectivity index (χ4v) is 3.16. The molecular formula is C19H16BrFN4O3. The molecule has 7 nitrogen and oxygen atoms in total. The zero-order valence-electron chi connectivity index (χ0n) is 15.1. The summed E-state index contributed by atoms with van der Waals surface area (Å²) in [4.78, 5) is 23.0. The van der Waals surface area contributed by atoms with Crippen molar-refractivity contribution in [2.24, 2.45) is 0 Å². The molecule has 0 aliphatic heterocycles. The van der Waals surface area contributed by atoms with Crippen molar-refractivity contribution in [3.05, 3.63) is 85.4 Å². The Bertz CT molecular complexity index is 1060. The maximum Gasteiger partial charge on any atom is 0.312 e. The van der Waals surface area contributed by atoms with Gasteiger partial charge in [0.15, 0.2) is 0 Å². The minimum Gasteiger partial charge on any atom is -0.319 e. The Hall–Kier alpha value is -3.07. The zero-order chi connectivity index (χ0) is 20.4. The Balaban J connectivity index is 1.74. The second-order valence-electron chi connectivity index (χ2n) is 6.21. The van der Waals surface area contributed by atoms with Crippen molar-refractivity contribution in [3.8, 4) is 0 Å². The van der Waals surface area contributed by atoms with Crippen LogP contribution in [0.1, 0.15) is 27.3 Å². The molecule has 0 spiro atoms. The van der Waals surface area contributed by atoms with Crippen molar-refractivity contribution >= 4 is 33.2 Å². The molecule has 0 fully saturated rings. The van der Waals surface area contributed by atoms with Gasteiger partial charge in [0.2, 0.25) is 0 Å². The number of anilines is 1. The van der Waals surface area contributed by atoms with E-state index in [-0.39, 0.29) is 11.4 Å². The van der Waals surface area contributed by atoms with Gasteiger partial charge in [-0.3, -0.25) is 19.6 Å².